The summed E-state index contributed by atoms with van der Waals surface area (Å²) in [6.45, 7) is 5.13. The molecule has 1 aromatic rings. The van der Waals surface area contributed by atoms with Crippen molar-refractivity contribution in [1.29, 1.82) is 0 Å². The first-order valence-corrected chi connectivity index (χ1v) is 10.7. The van der Waals surface area contributed by atoms with Crippen molar-refractivity contribution in [3.8, 4) is 0 Å². The van der Waals surface area contributed by atoms with Gasteiger partial charge in [0.05, 0.1) is 0 Å². The summed E-state index contributed by atoms with van der Waals surface area (Å²) in [6, 6.07) is 10.6. The predicted octanol–water partition coefficient (Wildman–Crippen LogP) is 4.95. The Balaban J connectivity index is 2.26. The van der Waals surface area contributed by atoms with Gasteiger partial charge in [0.15, 0.2) is 5.41 Å². The highest BCUT2D eigenvalue weighted by atomic mass is 16.4. The molecule has 5 heteroatoms. The van der Waals surface area contributed by atoms with Crippen molar-refractivity contribution in [2.45, 2.75) is 90.3 Å². The molecule has 0 radical (unpaired) electrons. The topological polar surface area (TPSA) is 77.8 Å². The van der Waals surface area contributed by atoms with Crippen molar-refractivity contribution in [2.24, 2.45) is 5.41 Å². The van der Waals surface area contributed by atoms with Crippen LogP contribution < -0.4 is 0 Å². The Morgan fingerprint density at radius 3 is 2.29 bits per heavy atom. The number of carboxylic acids is 2. The van der Waals surface area contributed by atoms with E-state index >= 15 is 0 Å². The average Bonchev–Trinajstić information content (AvgIpc) is 3.13. The maximum atomic E-state index is 11.8. The van der Waals surface area contributed by atoms with Gasteiger partial charge >= 0.3 is 11.9 Å². The maximum Gasteiger partial charge on any atom is 0.321 e. The van der Waals surface area contributed by atoms with Gasteiger partial charge < -0.3 is 10.2 Å². The van der Waals surface area contributed by atoms with E-state index in [1.807, 2.05) is 18.2 Å². The molecule has 5 nitrogen and oxygen atoms in total. The normalized spacial score (nSPS) is 19.6. The molecule has 2 N–H and O–H groups in total. The highest BCUT2D eigenvalue weighted by Gasteiger charge is 2.53. The summed E-state index contributed by atoms with van der Waals surface area (Å²) in [5.74, 6) is -2.39. The number of nitrogens with zero attached hydrogens (tertiary/aromatic N) is 1. The van der Waals surface area contributed by atoms with E-state index in [2.05, 4.69) is 30.9 Å². The van der Waals surface area contributed by atoms with E-state index in [4.69, 9.17) is 0 Å². The summed E-state index contributed by atoms with van der Waals surface area (Å²) in [7, 11) is 0. The van der Waals surface area contributed by atoms with E-state index in [1.165, 1.54) is 18.4 Å². The Labute approximate surface area is 168 Å². The van der Waals surface area contributed by atoms with Crippen LogP contribution in [0.4, 0.5) is 0 Å². The molecule has 0 saturated heterocycles. The minimum atomic E-state index is -1.64. The fourth-order valence-corrected chi connectivity index (χ4v) is 4.57. The molecule has 1 aliphatic rings. The number of hydrogen-bond acceptors (Lipinski definition) is 3. The van der Waals surface area contributed by atoms with Gasteiger partial charge in [-0.3, -0.25) is 14.5 Å². The lowest BCUT2D eigenvalue weighted by Crippen LogP contribution is -2.44. The van der Waals surface area contributed by atoms with Crippen LogP contribution in [0.3, 0.4) is 0 Å². The number of rotatable bonds is 12. The van der Waals surface area contributed by atoms with E-state index in [0.717, 1.165) is 32.2 Å². The SMILES string of the molecule is CCCCCC(CCC)N(Cc1ccccc1)C1CCC(C(=O)O)(C(=O)O)C1. The van der Waals surface area contributed by atoms with Crippen LogP contribution in [-0.4, -0.2) is 39.1 Å². The Morgan fingerprint density at radius 2 is 1.75 bits per heavy atom. The Bertz CT molecular complexity index is 617. The van der Waals surface area contributed by atoms with Crippen molar-refractivity contribution >= 4 is 11.9 Å². The first-order chi connectivity index (χ1) is 13.4. The molecular formula is C23H35NO4. The van der Waals surface area contributed by atoms with Crippen LogP contribution in [-0.2, 0) is 16.1 Å². The molecule has 1 saturated carbocycles. The number of unbranched alkanes of at least 4 members (excludes halogenated alkanes) is 2. The fraction of sp³-hybridized carbons (Fsp3) is 0.652. The zero-order valence-electron chi connectivity index (χ0n) is 17.3. The summed E-state index contributed by atoms with van der Waals surface area (Å²) in [4.78, 5) is 26.0. The smallest absolute Gasteiger partial charge is 0.321 e. The Hall–Kier alpha value is -1.88. The first kappa shape index (κ1) is 22.4. The second-order valence-corrected chi connectivity index (χ2v) is 8.19. The van der Waals surface area contributed by atoms with Crippen molar-refractivity contribution < 1.29 is 19.8 Å². The first-order valence-electron chi connectivity index (χ1n) is 10.7. The lowest BCUT2D eigenvalue weighted by Gasteiger charge is -2.37. The second-order valence-electron chi connectivity index (χ2n) is 8.19. The molecule has 0 heterocycles. The summed E-state index contributed by atoms with van der Waals surface area (Å²) >= 11 is 0. The van der Waals surface area contributed by atoms with Gasteiger partial charge in [-0.05, 0) is 37.7 Å². The highest BCUT2D eigenvalue weighted by molar-refractivity contribution is 5.98. The molecule has 1 fully saturated rings. The van der Waals surface area contributed by atoms with Crippen molar-refractivity contribution in [3.05, 3.63) is 35.9 Å². The third-order valence-electron chi connectivity index (χ3n) is 6.22. The van der Waals surface area contributed by atoms with Crippen LogP contribution >= 0.6 is 0 Å². The van der Waals surface area contributed by atoms with Crippen LogP contribution in [0, 0.1) is 5.41 Å². The average molecular weight is 390 g/mol. The lowest BCUT2D eigenvalue weighted by atomic mass is 9.86. The second kappa shape index (κ2) is 10.6. The molecule has 0 aliphatic heterocycles. The van der Waals surface area contributed by atoms with Crippen LogP contribution in [0.1, 0.15) is 77.2 Å². The standard InChI is InChI=1S/C23H35NO4/c1-3-5-7-13-19(10-4-2)24(17-18-11-8-6-9-12-18)20-14-15-23(16-20,21(25)26)22(27)28/h6,8-9,11-12,19-20H,3-5,7,10,13-17H2,1-2H3,(H,25,26)(H,27,28). The van der Waals surface area contributed by atoms with Gasteiger partial charge in [-0.25, -0.2) is 0 Å². The quantitative estimate of drug-likeness (QED) is 0.391. The van der Waals surface area contributed by atoms with E-state index in [0.29, 0.717) is 12.5 Å². The van der Waals surface area contributed by atoms with E-state index in [9.17, 15) is 19.8 Å². The van der Waals surface area contributed by atoms with Crippen molar-refractivity contribution in [2.75, 3.05) is 0 Å². The molecule has 1 aliphatic carbocycles. The number of aliphatic carboxylic acids is 2. The van der Waals surface area contributed by atoms with Crippen molar-refractivity contribution in [3.63, 3.8) is 0 Å². The molecule has 0 amide bonds. The van der Waals surface area contributed by atoms with Gasteiger partial charge in [0.25, 0.3) is 0 Å². The van der Waals surface area contributed by atoms with Gasteiger partial charge in [-0.2, -0.15) is 0 Å². The molecule has 2 atom stereocenters. The predicted molar refractivity (Wildman–Crippen MR) is 110 cm³/mol. The molecule has 0 aromatic heterocycles. The molecule has 2 unspecified atom stereocenters. The van der Waals surface area contributed by atoms with Gasteiger partial charge in [0, 0.05) is 18.6 Å². The molecule has 0 bridgehead atoms. The van der Waals surface area contributed by atoms with Crippen LogP contribution in [0.5, 0.6) is 0 Å². The number of carboxylic acid groups (broad SMARTS) is 2. The molecule has 0 spiro atoms. The molecule has 1 aromatic carbocycles. The summed E-state index contributed by atoms with van der Waals surface area (Å²) in [5, 5.41) is 19.3. The highest BCUT2D eigenvalue weighted by Crippen LogP contribution is 2.42. The minimum Gasteiger partial charge on any atom is -0.480 e. The van der Waals surface area contributed by atoms with Gasteiger partial charge in [-0.1, -0.05) is 69.9 Å². The Morgan fingerprint density at radius 1 is 1.07 bits per heavy atom. The molecule has 156 valence electrons. The maximum absolute atomic E-state index is 11.8. The van der Waals surface area contributed by atoms with Crippen LogP contribution in [0.25, 0.3) is 0 Å². The molecule has 2 rings (SSSR count). The Kier molecular flexibility index (Phi) is 8.49. The van der Waals surface area contributed by atoms with E-state index in [1.54, 1.807) is 0 Å². The zero-order chi connectivity index (χ0) is 20.6. The lowest BCUT2D eigenvalue weighted by molar-refractivity contribution is -0.164. The number of benzene rings is 1. The van der Waals surface area contributed by atoms with Gasteiger partial charge in [-0.15, -0.1) is 0 Å². The van der Waals surface area contributed by atoms with Gasteiger partial charge in [0.2, 0.25) is 0 Å². The largest absolute Gasteiger partial charge is 0.480 e. The number of carbonyl (C=O) groups is 2. The molecule has 28 heavy (non-hydrogen) atoms. The van der Waals surface area contributed by atoms with Crippen LogP contribution in [0.15, 0.2) is 30.3 Å². The summed E-state index contributed by atoms with van der Waals surface area (Å²) in [5.41, 5.74) is -0.443. The number of hydrogen-bond donors (Lipinski definition) is 2. The van der Waals surface area contributed by atoms with Gasteiger partial charge in [0.1, 0.15) is 0 Å². The fourth-order valence-electron chi connectivity index (χ4n) is 4.57. The van der Waals surface area contributed by atoms with E-state index < -0.39 is 17.4 Å². The minimum absolute atomic E-state index is 0.00872. The van der Waals surface area contributed by atoms with Crippen LogP contribution in [0.2, 0.25) is 0 Å². The van der Waals surface area contributed by atoms with Crippen molar-refractivity contribution in [1.82, 2.24) is 4.90 Å². The third kappa shape index (κ3) is 5.34. The summed E-state index contributed by atoms with van der Waals surface area (Å²) in [6.07, 6.45) is 7.75. The summed E-state index contributed by atoms with van der Waals surface area (Å²) < 4.78 is 0. The van der Waals surface area contributed by atoms with E-state index in [-0.39, 0.29) is 18.9 Å². The monoisotopic (exact) mass is 389 g/mol. The molecular weight excluding hydrogens is 354 g/mol. The third-order valence-corrected chi connectivity index (χ3v) is 6.22. The zero-order valence-corrected chi connectivity index (χ0v) is 17.3.